The van der Waals surface area contributed by atoms with Crippen LogP contribution in [0, 0.1) is 34.0 Å². The summed E-state index contributed by atoms with van der Waals surface area (Å²) in [4.78, 5) is 11.4. The van der Waals surface area contributed by atoms with Crippen molar-refractivity contribution in [1.29, 1.82) is 0 Å². The number of carbonyl (C=O) groups excluding carboxylic acids is 1. The number of ether oxygens (including phenoxy) is 1. The highest BCUT2D eigenvalue weighted by molar-refractivity contribution is 5.65. The lowest BCUT2D eigenvalue weighted by atomic mass is 9.39. The lowest BCUT2D eigenvalue weighted by Gasteiger charge is -2.66. The van der Waals surface area contributed by atoms with Crippen LogP contribution in [0.1, 0.15) is 73.6 Å². The van der Waals surface area contributed by atoms with Gasteiger partial charge in [0.25, 0.3) is 0 Å². The number of esters is 1. The summed E-state index contributed by atoms with van der Waals surface area (Å²) < 4.78 is 5.47. The minimum atomic E-state index is -0.187. The summed E-state index contributed by atoms with van der Waals surface area (Å²) >= 11 is 0. The van der Waals surface area contributed by atoms with E-state index in [9.17, 15) is 9.90 Å². The van der Waals surface area contributed by atoms with Crippen molar-refractivity contribution < 1.29 is 14.6 Å². The molecule has 3 nitrogen and oxygen atoms in total. The molecule has 2 saturated carbocycles. The molecule has 142 valence electrons. The highest BCUT2D eigenvalue weighted by atomic mass is 16.5. The molecule has 1 N–H and O–H groups in total. The zero-order chi connectivity index (χ0) is 18.6. The summed E-state index contributed by atoms with van der Waals surface area (Å²) in [6.45, 7) is 13.7. The number of rotatable bonds is 2. The van der Waals surface area contributed by atoms with Crippen molar-refractivity contribution in [2.24, 2.45) is 34.0 Å². The molecule has 0 aliphatic heterocycles. The summed E-state index contributed by atoms with van der Waals surface area (Å²) in [5.41, 5.74) is 1.80. The molecule has 6 atom stereocenters. The number of carbonyl (C=O) groups is 1. The first-order chi connectivity index (χ1) is 11.5. The zero-order valence-corrected chi connectivity index (χ0v) is 16.9. The van der Waals surface area contributed by atoms with Crippen molar-refractivity contribution in [3.63, 3.8) is 0 Å². The van der Waals surface area contributed by atoms with Gasteiger partial charge in [0.05, 0.1) is 12.7 Å². The van der Waals surface area contributed by atoms with Crippen molar-refractivity contribution in [1.82, 2.24) is 0 Å². The van der Waals surface area contributed by atoms with Gasteiger partial charge in [-0.1, -0.05) is 39.3 Å². The van der Waals surface area contributed by atoms with Gasteiger partial charge in [0.2, 0.25) is 0 Å². The summed E-state index contributed by atoms with van der Waals surface area (Å²) in [6.07, 6.45) is 7.67. The third-order valence-electron chi connectivity index (χ3n) is 8.55. The molecule has 0 aromatic heterocycles. The van der Waals surface area contributed by atoms with Crippen LogP contribution in [0.5, 0.6) is 0 Å². The Bertz CT molecular complexity index is 578. The molecule has 0 spiro atoms. The minimum absolute atomic E-state index is 0.0179. The highest BCUT2D eigenvalue weighted by Crippen LogP contribution is 2.68. The number of aliphatic hydroxyl groups excluding tert-OH is 1. The fourth-order valence-corrected chi connectivity index (χ4v) is 7.02. The Morgan fingerprint density at radius 3 is 2.44 bits per heavy atom. The highest BCUT2D eigenvalue weighted by Gasteiger charge is 2.62. The van der Waals surface area contributed by atoms with E-state index in [4.69, 9.17) is 4.74 Å². The maximum atomic E-state index is 11.4. The van der Waals surface area contributed by atoms with E-state index in [1.165, 1.54) is 12.5 Å². The second kappa shape index (κ2) is 6.11. The molecule has 0 radical (unpaired) electrons. The molecule has 3 aliphatic rings. The van der Waals surface area contributed by atoms with Gasteiger partial charge in [0.1, 0.15) is 0 Å². The van der Waals surface area contributed by atoms with Gasteiger partial charge in [-0.05, 0) is 67.1 Å². The van der Waals surface area contributed by atoms with Crippen LogP contribution in [0.3, 0.4) is 0 Å². The molecular formula is C22H36O3. The lowest BCUT2D eigenvalue weighted by molar-refractivity contribution is -0.185. The molecule has 0 unspecified atom stereocenters. The van der Waals surface area contributed by atoms with Gasteiger partial charge < -0.3 is 9.84 Å². The van der Waals surface area contributed by atoms with Crippen molar-refractivity contribution in [3.05, 3.63) is 11.6 Å². The van der Waals surface area contributed by atoms with Gasteiger partial charge in [0.15, 0.2) is 0 Å². The Morgan fingerprint density at radius 1 is 1.16 bits per heavy atom. The summed E-state index contributed by atoms with van der Waals surface area (Å²) in [7, 11) is 0. The maximum absolute atomic E-state index is 11.4. The quantitative estimate of drug-likeness (QED) is 0.579. The van der Waals surface area contributed by atoms with Crippen LogP contribution in [0.25, 0.3) is 0 Å². The van der Waals surface area contributed by atoms with Crippen LogP contribution < -0.4 is 0 Å². The van der Waals surface area contributed by atoms with E-state index in [0.717, 1.165) is 32.1 Å². The normalized spacial score (nSPS) is 45.8. The fraction of sp³-hybridized carbons (Fsp3) is 0.864. The minimum Gasteiger partial charge on any atom is -0.465 e. The zero-order valence-electron chi connectivity index (χ0n) is 16.9. The first-order valence-corrected chi connectivity index (χ1v) is 10.0. The number of fused-ring (bicyclic) bond motifs is 3. The van der Waals surface area contributed by atoms with E-state index in [1.807, 2.05) is 0 Å². The summed E-state index contributed by atoms with van der Waals surface area (Å²) in [5, 5.41) is 10.6. The maximum Gasteiger partial charge on any atom is 0.302 e. The number of hydrogen-bond acceptors (Lipinski definition) is 3. The van der Waals surface area contributed by atoms with E-state index in [1.54, 1.807) is 0 Å². The van der Waals surface area contributed by atoms with Crippen LogP contribution >= 0.6 is 0 Å². The predicted molar refractivity (Wildman–Crippen MR) is 99.9 cm³/mol. The molecule has 0 aromatic carbocycles. The van der Waals surface area contributed by atoms with Crippen LogP contribution in [0.2, 0.25) is 0 Å². The molecule has 0 saturated heterocycles. The van der Waals surface area contributed by atoms with E-state index in [0.29, 0.717) is 24.4 Å². The Morgan fingerprint density at radius 2 is 1.80 bits per heavy atom. The average Bonchev–Trinajstić information content (AvgIpc) is 2.50. The van der Waals surface area contributed by atoms with Crippen LogP contribution in [-0.2, 0) is 9.53 Å². The van der Waals surface area contributed by atoms with Crippen molar-refractivity contribution in [2.45, 2.75) is 79.8 Å². The van der Waals surface area contributed by atoms with Gasteiger partial charge >= 0.3 is 5.97 Å². The second-order valence-electron chi connectivity index (χ2n) is 10.1. The van der Waals surface area contributed by atoms with Crippen molar-refractivity contribution in [2.75, 3.05) is 6.61 Å². The van der Waals surface area contributed by atoms with Gasteiger partial charge in [-0.15, -0.1) is 0 Å². The predicted octanol–water partition coefficient (Wildman–Crippen LogP) is 4.74. The number of hydrogen-bond donors (Lipinski definition) is 1. The molecule has 3 heteroatoms. The van der Waals surface area contributed by atoms with Crippen LogP contribution in [0.15, 0.2) is 11.6 Å². The molecule has 0 heterocycles. The Balaban J connectivity index is 1.96. The summed E-state index contributed by atoms with van der Waals surface area (Å²) in [5.74, 6) is 1.29. The Kier molecular flexibility index (Phi) is 4.63. The van der Waals surface area contributed by atoms with Crippen LogP contribution in [-0.4, -0.2) is 23.8 Å². The molecular weight excluding hydrogens is 312 g/mol. The Hall–Kier alpha value is -0.830. The van der Waals surface area contributed by atoms with E-state index in [2.05, 4.69) is 40.7 Å². The van der Waals surface area contributed by atoms with E-state index in [-0.39, 0.29) is 28.3 Å². The van der Waals surface area contributed by atoms with Gasteiger partial charge in [-0.25, -0.2) is 0 Å². The fourth-order valence-electron chi connectivity index (χ4n) is 7.02. The van der Waals surface area contributed by atoms with Gasteiger partial charge in [-0.2, -0.15) is 0 Å². The largest absolute Gasteiger partial charge is 0.465 e. The number of aliphatic hydroxyl groups is 1. The SMILES string of the molecule is CC(=O)OC[C@@H]1C(C)=CC[C@H]2[C@@]1(C)CC[C@H]1C(C)(C)[C@@H](O)CC[C@]21C. The molecule has 2 fully saturated rings. The molecule has 3 aliphatic carbocycles. The first kappa shape index (κ1) is 18.9. The standard InChI is InChI=1S/C22H36O3/c1-14-7-8-18-21(5,16(14)13-25-15(2)23)11-9-17-20(3,4)19(24)10-12-22(17,18)6/h7,16-19,24H,8-13H2,1-6H3/t16-,17+,18+,19+,21+,22+/m1/s1. The van der Waals surface area contributed by atoms with Crippen molar-refractivity contribution in [3.8, 4) is 0 Å². The van der Waals surface area contributed by atoms with Crippen LogP contribution in [0.4, 0.5) is 0 Å². The first-order valence-electron chi connectivity index (χ1n) is 10.0. The molecule has 0 bridgehead atoms. The number of allylic oxidation sites excluding steroid dienone is 1. The monoisotopic (exact) mass is 348 g/mol. The molecule has 0 amide bonds. The van der Waals surface area contributed by atoms with E-state index >= 15 is 0 Å². The molecule has 0 aromatic rings. The van der Waals surface area contributed by atoms with Gasteiger partial charge in [0, 0.05) is 12.8 Å². The van der Waals surface area contributed by atoms with Crippen molar-refractivity contribution >= 4 is 5.97 Å². The molecule has 25 heavy (non-hydrogen) atoms. The third kappa shape index (κ3) is 2.78. The van der Waals surface area contributed by atoms with E-state index < -0.39 is 0 Å². The second-order valence-corrected chi connectivity index (χ2v) is 10.1. The average molecular weight is 349 g/mol. The summed E-state index contributed by atoms with van der Waals surface area (Å²) in [6, 6.07) is 0. The molecule has 3 rings (SSSR count). The third-order valence-corrected chi connectivity index (χ3v) is 8.55. The topological polar surface area (TPSA) is 46.5 Å². The van der Waals surface area contributed by atoms with Gasteiger partial charge in [-0.3, -0.25) is 4.79 Å². The smallest absolute Gasteiger partial charge is 0.302 e. The Labute approximate surface area is 153 Å². The lowest BCUT2D eigenvalue weighted by Crippen LogP contribution is -2.60.